The van der Waals surface area contributed by atoms with E-state index < -0.39 is 28.1 Å². The summed E-state index contributed by atoms with van der Waals surface area (Å²) in [7, 11) is -2.45. The molecule has 1 aliphatic rings. The van der Waals surface area contributed by atoms with Gasteiger partial charge in [0.05, 0.1) is 41.5 Å². The summed E-state index contributed by atoms with van der Waals surface area (Å²) >= 11 is 5.93. The zero-order valence-electron chi connectivity index (χ0n) is 22.2. The van der Waals surface area contributed by atoms with Crippen molar-refractivity contribution >= 4 is 39.1 Å². The van der Waals surface area contributed by atoms with Gasteiger partial charge < -0.3 is 20.1 Å². The Morgan fingerprint density at radius 2 is 1.98 bits per heavy atom. The molecule has 0 bridgehead atoms. The van der Waals surface area contributed by atoms with Crippen LogP contribution < -0.4 is 10.1 Å². The first kappa shape index (κ1) is 29.4. The van der Waals surface area contributed by atoms with Gasteiger partial charge in [-0.2, -0.15) is 4.31 Å². The quantitative estimate of drug-likeness (QED) is 0.410. The van der Waals surface area contributed by atoms with Crippen LogP contribution in [-0.2, 0) is 10.0 Å². The number of rotatable bonds is 8. The summed E-state index contributed by atoms with van der Waals surface area (Å²) in [5.41, 5.74) is 0.435. The highest BCUT2D eigenvalue weighted by Gasteiger charge is 2.36. The fourth-order valence-electron chi connectivity index (χ4n) is 4.30. The Bertz CT molecular complexity index is 1470. The number of halogens is 1. The van der Waals surface area contributed by atoms with Crippen LogP contribution in [0.4, 0.5) is 5.69 Å². The minimum Gasteiger partial charge on any atom is -0.486 e. The summed E-state index contributed by atoms with van der Waals surface area (Å²) in [5.74, 6) is -1.22. The number of likely N-dealkylation sites (N-methyl/N-ethyl adjacent to an activating group) is 1. The van der Waals surface area contributed by atoms with E-state index in [9.17, 15) is 23.1 Å². The van der Waals surface area contributed by atoms with Crippen LogP contribution in [0.1, 0.15) is 34.7 Å². The number of sulfonamides is 1. The molecule has 3 aromatic rings. The monoisotopic (exact) mass is 587 g/mol. The second kappa shape index (κ2) is 12.3. The number of ether oxygens (including phenoxy) is 1. The van der Waals surface area contributed by atoms with Crippen molar-refractivity contribution in [3.05, 3.63) is 77.3 Å². The molecule has 212 valence electrons. The van der Waals surface area contributed by atoms with Crippen molar-refractivity contribution < 1.29 is 27.9 Å². The highest BCUT2D eigenvalue weighted by Crippen LogP contribution is 2.35. The molecule has 2 heterocycles. The van der Waals surface area contributed by atoms with E-state index in [4.69, 9.17) is 16.3 Å². The van der Waals surface area contributed by atoms with Crippen molar-refractivity contribution in [2.24, 2.45) is 5.92 Å². The number of aliphatic hydroxyl groups excluding tert-OH is 1. The topological polar surface area (TPSA) is 142 Å². The SMILES string of the molecule is C[C@@H]1CN([C@H](C)CO)C(=O)c2cccc(NC(=O)c3cnccn3)c2O[C@@H]1CN(C)S(=O)(=O)c1ccc(Cl)cc1. The lowest BCUT2D eigenvalue weighted by Crippen LogP contribution is -2.50. The number of carbonyl (C=O) groups excluding carboxylic acids is 2. The number of hydrogen-bond donors (Lipinski definition) is 2. The Morgan fingerprint density at radius 3 is 2.62 bits per heavy atom. The third kappa shape index (κ3) is 6.25. The molecule has 2 N–H and O–H groups in total. The molecule has 0 aliphatic carbocycles. The molecule has 2 aromatic carbocycles. The number of carbonyl (C=O) groups is 2. The lowest BCUT2D eigenvalue weighted by atomic mass is 9.99. The van der Waals surface area contributed by atoms with E-state index in [0.29, 0.717) is 5.02 Å². The smallest absolute Gasteiger partial charge is 0.275 e. The highest BCUT2D eigenvalue weighted by atomic mass is 35.5. The number of nitrogens with one attached hydrogen (secondary N) is 1. The number of fused-ring (bicyclic) bond motifs is 1. The van der Waals surface area contributed by atoms with Crippen molar-refractivity contribution in [1.29, 1.82) is 0 Å². The molecule has 1 aromatic heterocycles. The average molecular weight is 588 g/mol. The Balaban J connectivity index is 1.72. The molecule has 2 amide bonds. The van der Waals surface area contributed by atoms with Gasteiger partial charge in [-0.05, 0) is 43.3 Å². The molecule has 0 saturated heterocycles. The van der Waals surface area contributed by atoms with Gasteiger partial charge in [-0.3, -0.25) is 14.6 Å². The van der Waals surface area contributed by atoms with Crippen molar-refractivity contribution in [1.82, 2.24) is 19.2 Å². The van der Waals surface area contributed by atoms with E-state index in [-0.39, 0.29) is 59.1 Å². The minimum absolute atomic E-state index is 0.0616. The highest BCUT2D eigenvalue weighted by molar-refractivity contribution is 7.89. The fourth-order valence-corrected chi connectivity index (χ4v) is 5.61. The van der Waals surface area contributed by atoms with Crippen LogP contribution in [0.25, 0.3) is 0 Å². The first-order valence-electron chi connectivity index (χ1n) is 12.5. The number of aliphatic hydroxyl groups is 1. The summed E-state index contributed by atoms with van der Waals surface area (Å²) in [6.07, 6.45) is 3.39. The lowest BCUT2D eigenvalue weighted by Gasteiger charge is -2.38. The molecule has 13 heteroatoms. The van der Waals surface area contributed by atoms with Gasteiger partial charge in [0.25, 0.3) is 11.8 Å². The van der Waals surface area contributed by atoms with Crippen LogP contribution in [0.3, 0.4) is 0 Å². The first-order chi connectivity index (χ1) is 19.0. The summed E-state index contributed by atoms with van der Waals surface area (Å²) in [6, 6.07) is 10.1. The third-order valence-corrected chi connectivity index (χ3v) is 8.78. The Hall–Kier alpha value is -3.58. The van der Waals surface area contributed by atoms with Crippen LogP contribution in [0.5, 0.6) is 5.75 Å². The minimum atomic E-state index is -3.90. The third-order valence-electron chi connectivity index (χ3n) is 6.69. The molecule has 1 aliphatic heterocycles. The predicted octanol–water partition coefficient (Wildman–Crippen LogP) is 2.92. The van der Waals surface area contributed by atoms with E-state index in [1.54, 1.807) is 25.1 Å². The van der Waals surface area contributed by atoms with Crippen LogP contribution in [0, 0.1) is 5.92 Å². The Morgan fingerprint density at radius 1 is 1.25 bits per heavy atom. The van der Waals surface area contributed by atoms with E-state index >= 15 is 0 Å². The molecule has 0 saturated carbocycles. The molecular weight excluding hydrogens is 558 g/mol. The van der Waals surface area contributed by atoms with E-state index in [0.717, 1.165) is 0 Å². The van der Waals surface area contributed by atoms with Crippen LogP contribution in [0.2, 0.25) is 5.02 Å². The maximum absolute atomic E-state index is 13.6. The fraction of sp³-hybridized carbons (Fsp3) is 0.333. The number of aromatic nitrogens is 2. The zero-order chi connectivity index (χ0) is 29.0. The van der Waals surface area contributed by atoms with E-state index in [1.165, 1.54) is 59.1 Å². The second-order valence-electron chi connectivity index (χ2n) is 9.59. The standard InChI is InChI=1S/C27H30ClN5O6S/c1-17-14-33(18(2)16-34)27(36)21-5-4-6-22(31-26(35)23-13-29-11-12-30-23)25(21)39-24(17)15-32(3)40(37,38)20-9-7-19(28)8-10-20/h4-13,17-18,24,34H,14-16H2,1-3H3,(H,31,35)/t17-,18-,24-/m1/s1. The van der Waals surface area contributed by atoms with Gasteiger partial charge in [0, 0.05) is 36.9 Å². The molecular formula is C27H30ClN5O6S. The second-order valence-corrected chi connectivity index (χ2v) is 12.1. The molecule has 11 nitrogen and oxygen atoms in total. The van der Waals surface area contributed by atoms with Crippen molar-refractivity contribution in [2.75, 3.05) is 32.1 Å². The number of hydrogen-bond acceptors (Lipinski definition) is 8. The number of benzene rings is 2. The molecule has 3 atom stereocenters. The van der Waals surface area contributed by atoms with Gasteiger partial charge in [0.15, 0.2) is 5.75 Å². The maximum Gasteiger partial charge on any atom is 0.275 e. The molecule has 4 rings (SSSR count). The van der Waals surface area contributed by atoms with E-state index in [2.05, 4.69) is 15.3 Å². The number of anilines is 1. The van der Waals surface area contributed by atoms with Crippen LogP contribution in [-0.4, -0.2) is 83.4 Å². The van der Waals surface area contributed by atoms with Gasteiger partial charge in [-0.25, -0.2) is 13.4 Å². The first-order valence-corrected chi connectivity index (χ1v) is 14.4. The Kier molecular flexibility index (Phi) is 9.04. The van der Waals surface area contributed by atoms with Crippen molar-refractivity contribution in [3.63, 3.8) is 0 Å². The van der Waals surface area contributed by atoms with Gasteiger partial charge >= 0.3 is 0 Å². The molecule has 0 fully saturated rings. The molecule has 40 heavy (non-hydrogen) atoms. The largest absolute Gasteiger partial charge is 0.486 e. The average Bonchev–Trinajstić information content (AvgIpc) is 2.95. The molecule has 0 unspecified atom stereocenters. The molecule has 0 radical (unpaired) electrons. The summed E-state index contributed by atoms with van der Waals surface area (Å²) < 4.78 is 34.2. The predicted molar refractivity (Wildman–Crippen MR) is 149 cm³/mol. The summed E-state index contributed by atoms with van der Waals surface area (Å²) in [4.78, 5) is 36.0. The zero-order valence-corrected chi connectivity index (χ0v) is 23.8. The van der Waals surface area contributed by atoms with Crippen LogP contribution in [0.15, 0.2) is 66.0 Å². The number of amides is 2. The van der Waals surface area contributed by atoms with Gasteiger partial charge in [0.2, 0.25) is 10.0 Å². The summed E-state index contributed by atoms with van der Waals surface area (Å²) in [5, 5.41) is 13.0. The van der Waals surface area contributed by atoms with E-state index in [1.807, 2.05) is 6.92 Å². The normalized spacial score (nSPS) is 18.4. The maximum atomic E-state index is 13.6. The number of nitrogens with zero attached hydrogens (tertiary/aromatic N) is 4. The lowest BCUT2D eigenvalue weighted by molar-refractivity contribution is 0.0388. The van der Waals surface area contributed by atoms with Crippen molar-refractivity contribution in [2.45, 2.75) is 30.9 Å². The Labute approximate surface area is 237 Å². The van der Waals surface area contributed by atoms with Gasteiger partial charge in [-0.1, -0.05) is 24.6 Å². The molecule has 0 spiro atoms. The van der Waals surface area contributed by atoms with Crippen molar-refractivity contribution in [3.8, 4) is 5.75 Å². The van der Waals surface area contributed by atoms with Gasteiger partial charge in [0.1, 0.15) is 11.8 Å². The summed E-state index contributed by atoms with van der Waals surface area (Å²) in [6.45, 7) is 3.43. The van der Waals surface area contributed by atoms with Crippen LogP contribution >= 0.6 is 11.6 Å². The van der Waals surface area contributed by atoms with Gasteiger partial charge in [-0.15, -0.1) is 0 Å². The number of para-hydroxylation sites is 1.